The number of ketones is 1. The van der Waals surface area contributed by atoms with Crippen molar-refractivity contribution in [3.63, 3.8) is 0 Å². The number of piperidine rings is 3. The monoisotopic (exact) mass is 1840 g/mol. The zero-order chi connectivity index (χ0) is 90.8. The van der Waals surface area contributed by atoms with E-state index < -0.39 is 85.0 Å². The summed E-state index contributed by atoms with van der Waals surface area (Å²) in [6, 6.07) is 12.1. The number of hydrogen-bond donors (Lipinski definition) is 5. The number of methoxy groups -OCH3 is 6. The summed E-state index contributed by atoms with van der Waals surface area (Å²) in [6.45, 7) is 29.7. The van der Waals surface area contributed by atoms with E-state index in [1.807, 2.05) is 24.3 Å². The second-order valence-corrected chi connectivity index (χ2v) is 45.7. The van der Waals surface area contributed by atoms with E-state index in [0.717, 1.165) is 87.2 Å². The van der Waals surface area contributed by atoms with Crippen LogP contribution >= 0.6 is 34.8 Å². The molecule has 5 fully saturated rings. The van der Waals surface area contributed by atoms with Gasteiger partial charge in [-0.25, -0.2) is 9.59 Å². The van der Waals surface area contributed by atoms with Crippen LogP contribution in [0.2, 0.25) is 39.3 Å². The minimum absolute atomic E-state index is 0. The SMILES string of the molecule is C1CCOC1.C=C(Cl)C(=C)Cl.COCCOCCOCC(=O)Cl.COCCOCCOCC(=O)O.COCCOCCOCC(=O)OC1=CC[C@@]2(O)[C@H]3Cc4ccc(OC)c5c4[C@@]2(CCN3C)C1O5.COc1ccc2c3c1OC1C(=O)CC[C@@]4(O)[C@@H](C2)N(C)CC[C@]314.COc1ccc2c3c1OC1C(O)=CC[C@@]4(O)[C@@H](C2)N(C)CC[C@]314.C[Si](C)(C)[N-][Si](C)(C)C.[Li+]. The van der Waals surface area contributed by atoms with Gasteiger partial charge in [-0.1, -0.05) is 110 Å². The molecule has 7 aliphatic heterocycles. The van der Waals surface area contributed by atoms with Crippen LogP contribution in [0.25, 0.3) is 4.65 Å². The van der Waals surface area contributed by atoms with Crippen LogP contribution in [0.15, 0.2) is 83.3 Å². The topological polar surface area (TPSA) is 350 Å². The smallest absolute Gasteiger partial charge is 0.668 e. The van der Waals surface area contributed by atoms with Gasteiger partial charge in [0, 0.05) is 88.6 Å². The largest absolute Gasteiger partial charge is 1.00 e. The summed E-state index contributed by atoms with van der Waals surface area (Å²) in [6.07, 6.45) is 10.7. The molecule has 5 N–H and O–H groups in total. The van der Waals surface area contributed by atoms with Crippen LogP contribution in [0.5, 0.6) is 34.5 Å². The van der Waals surface area contributed by atoms with Crippen LogP contribution in [0.1, 0.15) is 91.2 Å². The van der Waals surface area contributed by atoms with Gasteiger partial charge in [0.2, 0.25) is 5.24 Å². The van der Waals surface area contributed by atoms with Crippen LogP contribution in [-0.2, 0) is 107 Å². The number of benzene rings is 3. The van der Waals surface area contributed by atoms with Crippen LogP contribution in [0, 0.1) is 0 Å². The number of allylic oxidation sites excluding steroid dienone is 2. The molecule has 0 aromatic heterocycles. The average Bonchev–Trinajstić information content (AvgIpc) is 1.55. The van der Waals surface area contributed by atoms with Gasteiger partial charge in [-0.05, 0) is 157 Å². The Kier molecular flexibility index (Phi) is 39.2. The number of aliphatic hydroxyl groups excluding tert-OH is 1. The quantitative estimate of drug-likeness (QED) is 0.0139. The van der Waals surface area contributed by atoms with Crippen LogP contribution < -0.4 is 47.3 Å². The van der Waals surface area contributed by atoms with Gasteiger partial charge < -0.3 is 125 Å². The van der Waals surface area contributed by atoms with Crippen molar-refractivity contribution < 1.29 is 144 Å². The number of carbonyl (C=O) groups is 4. The van der Waals surface area contributed by atoms with Crippen LogP contribution in [0.4, 0.5) is 0 Å². The first-order valence-corrected chi connectivity index (χ1v) is 50.5. The third-order valence-corrected chi connectivity index (χ3v) is 31.0. The fourth-order valence-electron chi connectivity index (χ4n) is 20.0. The molecule has 36 heteroatoms. The summed E-state index contributed by atoms with van der Waals surface area (Å²) in [5.41, 5.74) is 1.97. The molecule has 0 amide bonds. The van der Waals surface area contributed by atoms with Crippen LogP contribution in [-0.4, -0.2) is 329 Å². The zero-order valence-electron chi connectivity index (χ0n) is 75.9. The molecule has 125 heavy (non-hydrogen) atoms. The summed E-state index contributed by atoms with van der Waals surface area (Å²) in [5.74, 6) is 3.34. The number of hydrogen-bond acceptors (Lipinski definition) is 28. The minimum Gasteiger partial charge on any atom is -0.668 e. The fraction of sp³-hybridized carbons (Fsp3) is 0.663. The summed E-state index contributed by atoms with van der Waals surface area (Å²) in [4.78, 5) is 52.1. The molecule has 3 spiro atoms. The molecule has 1 saturated carbocycles. The van der Waals surface area contributed by atoms with Crippen LogP contribution in [0.3, 0.4) is 0 Å². The third-order valence-electron chi connectivity index (χ3n) is 25.0. The molecule has 6 bridgehead atoms. The number of carboxylic acids is 1. The normalized spacial score (nSPS) is 27.5. The van der Waals surface area contributed by atoms with E-state index in [-0.39, 0.29) is 75.0 Å². The zero-order valence-corrected chi connectivity index (χ0v) is 80.1. The number of carbonyl (C=O) groups excluding carboxylic acids is 3. The predicted octanol–water partition coefficient (Wildman–Crippen LogP) is 7.28. The standard InChI is InChI=1S/C25H33NO8.2C18H21NO4.C7H13ClO4.C7H14O5.C6H18NSi2.C4H4Cl2.C4H8O.Li/c1-26-9-8-24-21-16-4-5-17(30-3)22(21)34-23(24)18(6-7-25(24,28)19(26)14-16)33-20(27)15-32-13-12-31-11-10-29-2;2*1-19-8-7-17-14-10-3-4-12(22-2)15(14)23-16(17)11(20)5-6-18(17,21)13(19)9-10;2*1-10-2-3-11-4-5-12-6-7(8)9;1-8(2,3)7-9(4,5)6;1-3(5)4(2)6;1-2-4-5-3-1;/h4-6,19,23,28H,7-15H2,1-3H3;3-4,13,16,21H,5-9H2,1-2H3;3-5,13,16,20-21H,6-9H2,1-2H3;2-6H2,1H3;2-6H2,1H3,(H,8,9);1-6H3;1-2H2;1-4H2;/q;;;;;-1;;;+1/t19-,23?,24+,25-;2*13-,16?,17+,18-;;;;;;/m111....../s1. The molecule has 6 aliphatic carbocycles. The van der Waals surface area contributed by atoms with Gasteiger partial charge in [0.05, 0.1) is 144 Å². The summed E-state index contributed by atoms with van der Waals surface area (Å²) in [7, 11) is 13.7. The molecule has 16 rings (SSSR count). The maximum absolute atomic E-state index is 12.7. The van der Waals surface area contributed by atoms with E-state index in [9.17, 15) is 39.6 Å². The van der Waals surface area contributed by atoms with E-state index in [1.54, 1.807) is 48.7 Å². The number of nitrogens with zero attached hydrogens (tertiary/aromatic N) is 4. The predicted molar refractivity (Wildman–Crippen MR) is 474 cm³/mol. The Morgan fingerprint density at radius 3 is 1.23 bits per heavy atom. The van der Waals surface area contributed by atoms with E-state index in [1.165, 1.54) is 24.0 Å². The maximum atomic E-state index is 12.7. The molecule has 3 unspecified atom stereocenters. The number of likely N-dealkylation sites (N-methyl/N-ethyl adjacent to an activating group) is 3. The number of carboxylic acid groups (broad SMARTS) is 1. The Labute approximate surface area is 765 Å². The molecule has 12 atom stereocenters. The Morgan fingerprint density at radius 2 is 0.864 bits per heavy atom. The molecule has 3 aromatic rings. The molecule has 7 heterocycles. The Balaban J connectivity index is 0.000000190. The second-order valence-electron chi connectivity index (χ2n) is 34.8. The van der Waals surface area contributed by atoms with Crippen molar-refractivity contribution in [1.82, 2.24) is 14.7 Å². The Hall–Kier alpha value is -5.28. The van der Waals surface area contributed by atoms with Crippen molar-refractivity contribution >= 4 is 74.2 Å². The van der Waals surface area contributed by atoms with Crippen molar-refractivity contribution in [3.8, 4) is 34.5 Å². The number of ether oxygens (including phenoxy) is 17. The molecule has 0 radical (unpaired) electrons. The number of esters is 1. The Bertz CT molecular complexity index is 4110. The molecule has 4 saturated heterocycles. The minimum atomic E-state index is -1.11. The van der Waals surface area contributed by atoms with Crippen molar-refractivity contribution in [3.05, 3.63) is 121 Å². The van der Waals surface area contributed by atoms with Gasteiger partial charge in [0.15, 0.2) is 58.6 Å². The van der Waals surface area contributed by atoms with Gasteiger partial charge in [-0.15, -0.1) is 0 Å². The molecule has 3 aromatic carbocycles. The number of aliphatic hydroxyl groups is 4. The number of rotatable bonds is 31. The van der Waals surface area contributed by atoms with Gasteiger partial charge >= 0.3 is 30.8 Å². The first-order valence-electron chi connectivity index (χ1n) is 42.5. The Morgan fingerprint density at radius 1 is 0.504 bits per heavy atom. The van der Waals surface area contributed by atoms with Gasteiger partial charge in [-0.2, -0.15) is 0 Å². The van der Waals surface area contributed by atoms with Crippen molar-refractivity contribution in [2.45, 2.75) is 186 Å². The van der Waals surface area contributed by atoms with Crippen molar-refractivity contribution in [2.24, 2.45) is 0 Å². The van der Waals surface area contributed by atoms with Crippen molar-refractivity contribution in [2.75, 3.05) is 196 Å². The summed E-state index contributed by atoms with van der Waals surface area (Å²) < 4.78 is 95.7. The van der Waals surface area contributed by atoms with E-state index in [2.05, 4.69) is 106 Å². The molecule has 694 valence electrons. The molecular weight excluding hydrogens is 1710 g/mol. The number of aliphatic carboxylic acids is 1. The maximum Gasteiger partial charge on any atom is 1.00 e. The summed E-state index contributed by atoms with van der Waals surface area (Å²) in [5, 5.41) is 54.4. The van der Waals surface area contributed by atoms with Crippen molar-refractivity contribution in [1.29, 1.82) is 0 Å². The van der Waals surface area contributed by atoms with E-state index >= 15 is 0 Å². The number of halogens is 3. The molecule has 13 aliphatic rings. The van der Waals surface area contributed by atoms with Gasteiger partial charge in [-0.3, -0.25) is 9.59 Å². The third kappa shape index (κ3) is 23.4. The first kappa shape index (κ1) is 105. The van der Waals surface area contributed by atoms with E-state index in [4.69, 9.17) is 125 Å². The number of Topliss-reactive ketones (excluding diaryl/α,β-unsaturated/α-hetero) is 1. The first-order chi connectivity index (χ1) is 58.9. The molecular formula is C89H132Cl3LiN4O26Si2. The van der Waals surface area contributed by atoms with Gasteiger partial charge in [0.1, 0.15) is 31.3 Å². The second kappa shape index (κ2) is 46.7. The average molecular weight is 1840 g/mol. The van der Waals surface area contributed by atoms with Gasteiger partial charge in [0.25, 0.3) is 0 Å². The summed E-state index contributed by atoms with van der Waals surface area (Å²) >= 11 is 15.4. The van der Waals surface area contributed by atoms with E-state index in [0.29, 0.717) is 155 Å². The molecule has 30 nitrogen and oxygen atoms in total. The fourth-order valence-corrected chi connectivity index (χ4v) is 28.1. The number of likely N-dealkylation sites (tertiary alicyclic amines) is 3.